The molecule has 0 bridgehead atoms. The lowest BCUT2D eigenvalue weighted by atomic mass is 10.1. The van der Waals surface area contributed by atoms with Gasteiger partial charge in [0.05, 0.1) is 5.56 Å². The molecule has 27 heavy (non-hydrogen) atoms. The first kappa shape index (κ1) is 17.3. The zero-order valence-electron chi connectivity index (χ0n) is 14.8. The Labute approximate surface area is 156 Å². The summed E-state index contributed by atoms with van der Waals surface area (Å²) in [5.74, 6) is -0.0893. The Bertz CT molecular complexity index is 926. The van der Waals surface area contributed by atoms with Gasteiger partial charge in [-0.25, -0.2) is 4.39 Å². The van der Waals surface area contributed by atoms with Gasteiger partial charge < -0.3 is 14.7 Å². The molecule has 1 atom stereocenters. The number of carbonyl (C=O) groups is 1. The van der Waals surface area contributed by atoms with E-state index in [1.54, 1.807) is 18.2 Å². The number of halogens is 1. The quantitative estimate of drug-likeness (QED) is 0.748. The van der Waals surface area contributed by atoms with E-state index in [0.717, 1.165) is 19.5 Å². The number of rotatable bonds is 5. The largest absolute Gasteiger partial charge is 0.371 e. The van der Waals surface area contributed by atoms with Gasteiger partial charge in [-0.15, -0.1) is 0 Å². The molecule has 4 rings (SSSR count). The van der Waals surface area contributed by atoms with E-state index in [9.17, 15) is 9.18 Å². The van der Waals surface area contributed by atoms with Crippen molar-refractivity contribution >= 4 is 11.6 Å². The van der Waals surface area contributed by atoms with Crippen molar-refractivity contribution in [1.82, 2.24) is 10.5 Å². The van der Waals surface area contributed by atoms with Crippen molar-refractivity contribution in [1.29, 1.82) is 0 Å². The predicted molar refractivity (Wildman–Crippen MR) is 101 cm³/mol. The zero-order valence-corrected chi connectivity index (χ0v) is 14.8. The first-order valence-corrected chi connectivity index (χ1v) is 9.00. The third-order valence-corrected chi connectivity index (χ3v) is 4.84. The highest BCUT2D eigenvalue weighted by molar-refractivity contribution is 5.93. The van der Waals surface area contributed by atoms with Crippen LogP contribution in [0.2, 0.25) is 0 Å². The van der Waals surface area contributed by atoms with Gasteiger partial charge in [0, 0.05) is 31.4 Å². The van der Waals surface area contributed by atoms with Gasteiger partial charge in [-0.1, -0.05) is 35.5 Å². The number of amides is 1. The monoisotopic (exact) mass is 365 g/mol. The smallest absolute Gasteiger partial charge is 0.273 e. The van der Waals surface area contributed by atoms with Gasteiger partial charge >= 0.3 is 0 Å². The molecule has 1 amide bonds. The Hall–Kier alpha value is -3.15. The molecule has 0 spiro atoms. The van der Waals surface area contributed by atoms with Crippen LogP contribution in [0.4, 0.5) is 10.1 Å². The minimum Gasteiger partial charge on any atom is -0.371 e. The number of carbonyl (C=O) groups excluding carboxylic acids is 1. The third kappa shape index (κ3) is 3.84. The maximum absolute atomic E-state index is 13.8. The van der Waals surface area contributed by atoms with Crippen molar-refractivity contribution in [2.45, 2.75) is 6.42 Å². The molecule has 2 heterocycles. The molecule has 3 aromatic rings. The van der Waals surface area contributed by atoms with Crippen LogP contribution in [-0.2, 0) is 0 Å². The number of nitrogens with zero attached hydrogens (tertiary/aromatic N) is 2. The minimum atomic E-state index is -0.410. The maximum Gasteiger partial charge on any atom is 0.273 e. The molecule has 1 aliphatic rings. The fourth-order valence-corrected chi connectivity index (χ4v) is 3.37. The molecule has 1 unspecified atom stereocenters. The molecule has 6 heteroatoms. The van der Waals surface area contributed by atoms with Crippen molar-refractivity contribution in [3.05, 3.63) is 72.2 Å². The summed E-state index contributed by atoms with van der Waals surface area (Å²) in [5.41, 5.74) is 1.65. The Morgan fingerprint density at radius 3 is 2.78 bits per heavy atom. The lowest BCUT2D eigenvalue weighted by Gasteiger charge is -2.18. The first-order valence-electron chi connectivity index (χ1n) is 9.00. The van der Waals surface area contributed by atoms with Crippen molar-refractivity contribution in [2.24, 2.45) is 5.92 Å². The molecule has 0 saturated carbocycles. The van der Waals surface area contributed by atoms with Crippen LogP contribution >= 0.6 is 0 Å². The van der Waals surface area contributed by atoms with Gasteiger partial charge in [-0.05, 0) is 36.6 Å². The van der Waals surface area contributed by atoms with Crippen LogP contribution in [-0.4, -0.2) is 30.7 Å². The number of para-hydroxylation sites is 1. The molecule has 1 aliphatic heterocycles. The van der Waals surface area contributed by atoms with Crippen LogP contribution in [0.25, 0.3) is 11.3 Å². The second-order valence-electron chi connectivity index (χ2n) is 6.70. The molecular formula is C21H20FN3O2. The summed E-state index contributed by atoms with van der Waals surface area (Å²) in [6, 6.07) is 18.0. The van der Waals surface area contributed by atoms with Crippen molar-refractivity contribution in [3.8, 4) is 11.3 Å². The van der Waals surface area contributed by atoms with Gasteiger partial charge in [0.15, 0.2) is 11.5 Å². The summed E-state index contributed by atoms with van der Waals surface area (Å²) >= 11 is 0. The lowest BCUT2D eigenvalue weighted by molar-refractivity contribution is 0.0939. The first-order chi connectivity index (χ1) is 13.2. The average Bonchev–Trinajstić information content (AvgIpc) is 3.37. The normalized spacial score (nSPS) is 16.5. The van der Waals surface area contributed by atoms with E-state index >= 15 is 0 Å². The second kappa shape index (κ2) is 7.61. The number of benzene rings is 2. The molecule has 2 aromatic carbocycles. The molecule has 138 valence electrons. The van der Waals surface area contributed by atoms with E-state index in [-0.39, 0.29) is 17.4 Å². The van der Waals surface area contributed by atoms with E-state index in [1.807, 2.05) is 18.2 Å². The number of hydrogen-bond donors (Lipinski definition) is 1. The molecule has 0 aliphatic carbocycles. The highest BCUT2D eigenvalue weighted by Crippen LogP contribution is 2.24. The van der Waals surface area contributed by atoms with Gasteiger partial charge in [0.2, 0.25) is 0 Å². The fourth-order valence-electron chi connectivity index (χ4n) is 3.37. The van der Waals surface area contributed by atoms with Crippen LogP contribution in [0.1, 0.15) is 16.9 Å². The van der Waals surface area contributed by atoms with Gasteiger partial charge in [0.25, 0.3) is 5.91 Å². The lowest BCUT2D eigenvalue weighted by Crippen LogP contribution is -2.31. The SMILES string of the molecule is O=C(NCC1CCN(c2ccccc2)C1)c1cc(-c2ccccc2F)on1. The fraction of sp³-hybridized carbons (Fsp3) is 0.238. The van der Waals surface area contributed by atoms with E-state index < -0.39 is 5.82 Å². The van der Waals surface area contributed by atoms with Crippen LogP contribution in [0.3, 0.4) is 0 Å². The summed E-state index contributed by atoms with van der Waals surface area (Å²) in [7, 11) is 0. The topological polar surface area (TPSA) is 58.4 Å². The molecule has 1 fully saturated rings. The predicted octanol–water partition coefficient (Wildman–Crippen LogP) is 3.74. The van der Waals surface area contributed by atoms with Gasteiger partial charge in [-0.2, -0.15) is 0 Å². The molecule has 1 aromatic heterocycles. The van der Waals surface area contributed by atoms with Crippen LogP contribution < -0.4 is 10.2 Å². The minimum absolute atomic E-state index is 0.158. The van der Waals surface area contributed by atoms with Crippen molar-refractivity contribution in [2.75, 3.05) is 24.5 Å². The third-order valence-electron chi connectivity index (χ3n) is 4.84. The van der Waals surface area contributed by atoms with Gasteiger partial charge in [-0.3, -0.25) is 4.79 Å². The highest BCUT2D eigenvalue weighted by Gasteiger charge is 2.24. The maximum atomic E-state index is 13.8. The zero-order chi connectivity index (χ0) is 18.6. The Morgan fingerprint density at radius 1 is 1.19 bits per heavy atom. The van der Waals surface area contributed by atoms with Crippen molar-refractivity contribution < 1.29 is 13.7 Å². The molecule has 0 radical (unpaired) electrons. The Balaban J connectivity index is 1.33. The molecule has 5 nitrogen and oxygen atoms in total. The highest BCUT2D eigenvalue weighted by atomic mass is 19.1. The van der Waals surface area contributed by atoms with E-state index in [4.69, 9.17) is 4.52 Å². The summed E-state index contributed by atoms with van der Waals surface area (Å²) in [5, 5.41) is 6.69. The van der Waals surface area contributed by atoms with E-state index in [0.29, 0.717) is 18.0 Å². The number of hydrogen-bond acceptors (Lipinski definition) is 4. The number of anilines is 1. The molecule has 1 N–H and O–H groups in total. The summed E-state index contributed by atoms with van der Waals surface area (Å²) in [6.07, 6.45) is 1.02. The number of aromatic nitrogens is 1. The van der Waals surface area contributed by atoms with Gasteiger partial charge in [0.1, 0.15) is 5.82 Å². The summed E-state index contributed by atoms with van der Waals surface area (Å²) in [6.45, 7) is 2.46. The second-order valence-corrected chi connectivity index (χ2v) is 6.70. The Morgan fingerprint density at radius 2 is 1.96 bits per heavy atom. The van der Waals surface area contributed by atoms with Crippen LogP contribution in [0.5, 0.6) is 0 Å². The summed E-state index contributed by atoms with van der Waals surface area (Å²) in [4.78, 5) is 14.7. The standard InChI is InChI=1S/C21H20FN3O2/c22-18-9-5-4-8-17(18)20-12-19(24-27-20)21(26)23-13-15-10-11-25(14-15)16-6-2-1-3-7-16/h1-9,12,15H,10-11,13-14H2,(H,23,26). The Kier molecular flexibility index (Phi) is 4.87. The number of nitrogens with one attached hydrogen (secondary N) is 1. The van der Waals surface area contributed by atoms with E-state index in [1.165, 1.54) is 17.8 Å². The molecular weight excluding hydrogens is 345 g/mol. The van der Waals surface area contributed by atoms with Crippen LogP contribution in [0.15, 0.2) is 65.2 Å². The van der Waals surface area contributed by atoms with Crippen molar-refractivity contribution in [3.63, 3.8) is 0 Å². The molecule has 1 saturated heterocycles. The summed E-state index contributed by atoms with van der Waals surface area (Å²) < 4.78 is 19.0. The van der Waals surface area contributed by atoms with Crippen LogP contribution in [0, 0.1) is 11.7 Å². The van der Waals surface area contributed by atoms with E-state index in [2.05, 4.69) is 27.5 Å². The average molecular weight is 365 g/mol.